The van der Waals surface area contributed by atoms with Crippen LogP contribution < -0.4 is 21.9 Å². The van der Waals surface area contributed by atoms with Crippen molar-refractivity contribution in [1.82, 2.24) is 9.55 Å². The van der Waals surface area contributed by atoms with Crippen LogP contribution in [0.2, 0.25) is 0 Å². The number of carbonyl (C=O) groups is 1. The van der Waals surface area contributed by atoms with E-state index in [4.69, 9.17) is 10.5 Å². The smallest absolute Gasteiger partial charge is 0.330 e. The third-order valence-electron chi connectivity index (χ3n) is 5.06. The molecule has 1 amide bonds. The first-order valence-electron chi connectivity index (χ1n) is 10.3. The lowest BCUT2D eigenvalue weighted by molar-refractivity contribution is 0.0975. The summed E-state index contributed by atoms with van der Waals surface area (Å²) in [6, 6.07) is 15.1. The molecule has 11 heteroatoms. The summed E-state index contributed by atoms with van der Waals surface area (Å²) in [7, 11) is -1.78. The maximum absolute atomic E-state index is 13.4. The van der Waals surface area contributed by atoms with Gasteiger partial charge in [-0.15, -0.1) is 0 Å². The van der Waals surface area contributed by atoms with Gasteiger partial charge < -0.3 is 10.5 Å². The van der Waals surface area contributed by atoms with Crippen molar-refractivity contribution >= 4 is 27.2 Å². The van der Waals surface area contributed by atoms with Gasteiger partial charge in [-0.1, -0.05) is 42.5 Å². The van der Waals surface area contributed by atoms with Crippen molar-refractivity contribution in [3.63, 3.8) is 0 Å². The molecule has 0 aliphatic heterocycles. The predicted molar refractivity (Wildman–Crippen MR) is 130 cm³/mol. The van der Waals surface area contributed by atoms with E-state index in [2.05, 4.69) is 4.98 Å². The lowest BCUT2D eigenvalue weighted by Gasteiger charge is -2.24. The average molecular weight is 487 g/mol. The Bertz CT molecular complexity index is 1380. The number of nitrogen functional groups attached to an aromatic ring is 1. The Morgan fingerprint density at radius 3 is 2.29 bits per heavy atom. The van der Waals surface area contributed by atoms with E-state index in [1.165, 1.54) is 35.9 Å². The van der Waals surface area contributed by atoms with Crippen LogP contribution in [0.25, 0.3) is 0 Å². The van der Waals surface area contributed by atoms with Gasteiger partial charge in [0.05, 0.1) is 18.9 Å². The van der Waals surface area contributed by atoms with Gasteiger partial charge >= 0.3 is 5.69 Å². The van der Waals surface area contributed by atoms with Gasteiger partial charge in [-0.3, -0.25) is 24.0 Å². The minimum Gasteiger partial charge on any atom is -0.383 e. The Labute approximate surface area is 196 Å². The van der Waals surface area contributed by atoms with Crippen LogP contribution in [0.15, 0.2) is 64.2 Å². The summed E-state index contributed by atoms with van der Waals surface area (Å²) in [5, 5.41) is 0. The third-order valence-corrected chi connectivity index (χ3v) is 5.92. The summed E-state index contributed by atoms with van der Waals surface area (Å²) in [6.45, 7) is 0.202. The zero-order valence-electron chi connectivity index (χ0n) is 18.9. The first-order valence-corrected chi connectivity index (χ1v) is 12.4. The van der Waals surface area contributed by atoms with Crippen molar-refractivity contribution < 1.29 is 17.9 Å². The van der Waals surface area contributed by atoms with E-state index in [1.807, 2.05) is 30.3 Å². The number of sulfone groups is 1. The fourth-order valence-corrected chi connectivity index (χ4v) is 4.26. The quantitative estimate of drug-likeness (QED) is 0.459. The molecule has 0 radical (unpaired) electrons. The predicted octanol–water partition coefficient (Wildman–Crippen LogP) is 1.00. The molecule has 3 aromatic rings. The van der Waals surface area contributed by atoms with Crippen LogP contribution >= 0.6 is 0 Å². The molecule has 0 aliphatic carbocycles. The molecule has 3 N–H and O–H groups in total. The van der Waals surface area contributed by atoms with Gasteiger partial charge in [-0.2, -0.15) is 0 Å². The maximum atomic E-state index is 13.4. The number of aromatic amines is 1. The molecule has 0 spiro atoms. The normalized spacial score (nSPS) is 11.4. The van der Waals surface area contributed by atoms with Crippen LogP contribution in [0.1, 0.15) is 21.5 Å². The molecule has 0 saturated heterocycles. The molecule has 180 valence electrons. The molecule has 34 heavy (non-hydrogen) atoms. The molecule has 2 aromatic carbocycles. The Morgan fingerprint density at radius 1 is 1.06 bits per heavy atom. The summed E-state index contributed by atoms with van der Waals surface area (Å²) >= 11 is 0. The zero-order chi connectivity index (χ0) is 24.9. The van der Waals surface area contributed by atoms with Gasteiger partial charge in [-0.05, 0) is 23.3 Å². The second kappa shape index (κ2) is 10.5. The molecular weight excluding hydrogens is 460 g/mol. The number of nitrogens with two attached hydrogens (primary N) is 1. The van der Waals surface area contributed by atoms with Crippen LogP contribution in [0.3, 0.4) is 0 Å². The van der Waals surface area contributed by atoms with E-state index < -0.39 is 27.0 Å². The second-order valence-electron chi connectivity index (χ2n) is 7.78. The van der Waals surface area contributed by atoms with Gasteiger partial charge in [0.15, 0.2) is 15.5 Å². The van der Waals surface area contributed by atoms with E-state index in [0.717, 1.165) is 16.7 Å². The Morgan fingerprint density at radius 2 is 1.71 bits per heavy atom. The fourth-order valence-electron chi connectivity index (χ4n) is 3.46. The molecule has 0 saturated carbocycles. The highest BCUT2D eigenvalue weighted by atomic mass is 32.2. The van der Waals surface area contributed by atoms with Crippen LogP contribution in [0.4, 0.5) is 11.5 Å². The van der Waals surface area contributed by atoms with Gasteiger partial charge in [0.2, 0.25) is 0 Å². The van der Waals surface area contributed by atoms with Crippen LogP contribution in [-0.2, 0) is 26.9 Å². The number of ether oxygens (including phenoxy) is 1. The summed E-state index contributed by atoms with van der Waals surface area (Å²) in [5.74, 6) is -0.868. The number of nitrogens with one attached hydrogen (secondary N) is 1. The monoisotopic (exact) mass is 486 g/mol. The lowest BCUT2D eigenvalue weighted by Crippen LogP contribution is -2.42. The van der Waals surface area contributed by atoms with Crippen molar-refractivity contribution in [2.45, 2.75) is 12.3 Å². The first-order chi connectivity index (χ1) is 16.1. The van der Waals surface area contributed by atoms with E-state index >= 15 is 0 Å². The number of aromatic nitrogens is 2. The van der Waals surface area contributed by atoms with Crippen molar-refractivity contribution in [3.8, 4) is 0 Å². The molecule has 0 fully saturated rings. The Hall–Kier alpha value is -3.70. The molecule has 0 bridgehead atoms. The SMILES string of the molecule is COCCN(C(=O)c1ccc(CS(C)(=O)=O)cc1)c1c(N)n(Cc2ccccc2)c(=O)[nH]c1=O. The van der Waals surface area contributed by atoms with Crippen LogP contribution in [0.5, 0.6) is 0 Å². The Kier molecular flexibility index (Phi) is 7.69. The van der Waals surface area contributed by atoms with E-state index in [0.29, 0.717) is 5.56 Å². The largest absolute Gasteiger partial charge is 0.383 e. The number of amides is 1. The van der Waals surface area contributed by atoms with Crippen molar-refractivity contribution in [2.24, 2.45) is 0 Å². The maximum Gasteiger partial charge on any atom is 0.330 e. The number of benzene rings is 2. The molecule has 3 rings (SSSR count). The number of methoxy groups -OCH3 is 1. The van der Waals surface area contributed by atoms with Gasteiger partial charge in [0.25, 0.3) is 11.5 Å². The molecule has 0 unspecified atom stereocenters. The second-order valence-corrected chi connectivity index (χ2v) is 9.92. The molecule has 1 heterocycles. The number of carbonyl (C=O) groups excluding carboxylic acids is 1. The summed E-state index contributed by atoms with van der Waals surface area (Å²) < 4.78 is 29.3. The number of anilines is 2. The number of nitrogens with zero attached hydrogens (tertiary/aromatic N) is 2. The van der Waals surface area contributed by atoms with Crippen molar-refractivity contribution in [3.05, 3.63) is 92.1 Å². The number of H-pyrrole nitrogens is 1. The first kappa shape index (κ1) is 24.9. The summed E-state index contributed by atoms with van der Waals surface area (Å²) in [4.78, 5) is 42.0. The fraction of sp³-hybridized carbons (Fsp3) is 0.261. The summed E-state index contributed by atoms with van der Waals surface area (Å²) in [6.07, 6.45) is 1.12. The topological polar surface area (TPSA) is 145 Å². The number of hydrogen-bond donors (Lipinski definition) is 2. The molecule has 1 aromatic heterocycles. The molecule has 0 aliphatic rings. The minimum absolute atomic E-state index is 0.00273. The summed E-state index contributed by atoms with van der Waals surface area (Å²) in [5.41, 5.74) is 6.11. The highest BCUT2D eigenvalue weighted by Gasteiger charge is 2.25. The van der Waals surface area contributed by atoms with Gasteiger partial charge in [0, 0.05) is 25.5 Å². The Balaban J connectivity index is 2.03. The molecule has 0 atom stereocenters. The molecule has 10 nitrogen and oxygen atoms in total. The third kappa shape index (κ3) is 6.00. The van der Waals surface area contributed by atoms with Crippen LogP contribution in [-0.4, -0.2) is 50.4 Å². The number of rotatable bonds is 9. The van der Waals surface area contributed by atoms with Crippen molar-refractivity contribution in [2.75, 3.05) is 37.2 Å². The lowest BCUT2D eigenvalue weighted by atomic mass is 10.1. The van der Waals surface area contributed by atoms with E-state index in [9.17, 15) is 22.8 Å². The molecular formula is C23H26N4O6S. The zero-order valence-corrected chi connectivity index (χ0v) is 19.7. The minimum atomic E-state index is -3.23. The van der Waals surface area contributed by atoms with Gasteiger partial charge in [0.1, 0.15) is 5.82 Å². The van der Waals surface area contributed by atoms with Gasteiger partial charge in [-0.25, -0.2) is 13.2 Å². The van der Waals surface area contributed by atoms with E-state index in [1.54, 1.807) is 0 Å². The number of hydrogen-bond acceptors (Lipinski definition) is 7. The van der Waals surface area contributed by atoms with Crippen LogP contribution in [0, 0.1) is 0 Å². The van der Waals surface area contributed by atoms with E-state index in [-0.39, 0.29) is 42.5 Å². The highest BCUT2D eigenvalue weighted by molar-refractivity contribution is 7.89. The average Bonchev–Trinajstić information content (AvgIpc) is 2.78. The standard InChI is InChI=1S/C23H26N4O6S/c1-33-13-12-26(22(29)18-10-8-17(9-11-18)15-34(2,31)32)19-20(24)27(23(30)25-21(19)28)14-16-6-4-3-5-7-16/h3-11H,12-15,24H2,1-2H3,(H,25,28,30). The van der Waals surface area contributed by atoms with Crippen molar-refractivity contribution in [1.29, 1.82) is 0 Å². The highest BCUT2D eigenvalue weighted by Crippen LogP contribution is 2.21.